The van der Waals surface area contributed by atoms with Crippen LogP contribution in [-0.2, 0) is 0 Å². The first-order valence-corrected chi connectivity index (χ1v) is 5.85. The van der Waals surface area contributed by atoms with Gasteiger partial charge in [-0.05, 0) is 38.5 Å². The maximum Gasteiger partial charge on any atom is 0.198 e. The zero-order valence-corrected chi connectivity index (χ0v) is 10.5. The van der Waals surface area contributed by atoms with Crippen molar-refractivity contribution in [3.8, 4) is 0 Å². The van der Waals surface area contributed by atoms with Crippen LogP contribution in [0.4, 0.5) is 4.39 Å². The molecule has 0 aliphatic rings. The number of hydrogen-bond acceptors (Lipinski definition) is 2. The molecule has 0 spiro atoms. The van der Waals surface area contributed by atoms with Crippen molar-refractivity contribution < 1.29 is 13.6 Å². The number of ketones is 1. The van der Waals surface area contributed by atoms with E-state index >= 15 is 0 Å². The molecular weight excluding hydrogens is 231 g/mol. The first kappa shape index (κ1) is 12.6. The van der Waals surface area contributed by atoms with Crippen LogP contribution < -0.4 is 0 Å². The van der Waals surface area contributed by atoms with Gasteiger partial charge >= 0.3 is 0 Å². The molecule has 2 rings (SSSR count). The summed E-state index contributed by atoms with van der Waals surface area (Å²) in [4.78, 5) is 12.0. The molecule has 0 N–H and O–H groups in total. The maximum atomic E-state index is 13.1. The molecule has 2 aromatic rings. The molecule has 18 heavy (non-hydrogen) atoms. The summed E-state index contributed by atoms with van der Waals surface area (Å²) in [5.41, 5.74) is 2.21. The van der Waals surface area contributed by atoms with E-state index < -0.39 is 0 Å². The van der Waals surface area contributed by atoms with Gasteiger partial charge in [-0.15, -0.1) is 6.58 Å². The predicted molar refractivity (Wildman–Crippen MR) is 69.3 cm³/mol. The van der Waals surface area contributed by atoms with Gasteiger partial charge in [0, 0.05) is 17.4 Å². The molecule has 2 nitrogen and oxygen atoms in total. The fourth-order valence-corrected chi connectivity index (χ4v) is 1.90. The Morgan fingerprint density at radius 2 is 2.11 bits per heavy atom. The van der Waals surface area contributed by atoms with Crippen molar-refractivity contribution in [1.82, 2.24) is 0 Å². The number of carbonyl (C=O) groups is 1. The Labute approximate surface area is 105 Å². The summed E-state index contributed by atoms with van der Waals surface area (Å²) < 4.78 is 18.6. The Bertz CT molecular complexity index is 623. The van der Waals surface area contributed by atoms with Crippen molar-refractivity contribution in [2.75, 3.05) is 0 Å². The van der Waals surface area contributed by atoms with E-state index in [2.05, 4.69) is 6.58 Å². The number of Topliss-reactive ketones (excluding diaryl/α,β-unsaturated/α-hetero) is 1. The number of fused-ring (bicyclic) bond motifs is 1. The summed E-state index contributed by atoms with van der Waals surface area (Å²) in [6, 6.07) is 4.27. The van der Waals surface area contributed by atoms with Gasteiger partial charge in [-0.25, -0.2) is 4.39 Å². The lowest BCUT2D eigenvalue weighted by Gasteiger charge is -1.98. The number of furan rings is 1. The molecule has 3 heteroatoms. The zero-order valence-electron chi connectivity index (χ0n) is 10.5. The lowest BCUT2D eigenvalue weighted by molar-refractivity contribution is 0.0957. The lowest BCUT2D eigenvalue weighted by atomic mass is 10.1. The van der Waals surface area contributed by atoms with Crippen LogP contribution in [0.25, 0.3) is 11.0 Å². The second-order valence-corrected chi connectivity index (χ2v) is 4.58. The van der Waals surface area contributed by atoms with Crippen LogP contribution in [0.1, 0.15) is 35.9 Å². The molecule has 94 valence electrons. The molecule has 0 saturated carbocycles. The van der Waals surface area contributed by atoms with Gasteiger partial charge in [-0.1, -0.05) is 5.57 Å². The molecule has 1 aromatic carbocycles. The molecule has 1 aromatic heterocycles. The standard InChI is InChI=1S/C15H15FO2/c1-9(2)4-6-13(17)15-10(3)12-8-11(16)5-7-14(12)18-15/h5,7-8H,1,4,6H2,2-3H3. The Kier molecular flexibility index (Phi) is 3.32. The minimum absolute atomic E-state index is 0.0629. The van der Waals surface area contributed by atoms with Crippen LogP contribution in [0.5, 0.6) is 0 Å². The molecular formula is C15H15FO2. The van der Waals surface area contributed by atoms with Gasteiger partial charge in [-0.2, -0.15) is 0 Å². The van der Waals surface area contributed by atoms with E-state index in [9.17, 15) is 9.18 Å². The van der Waals surface area contributed by atoms with E-state index in [1.54, 1.807) is 13.0 Å². The van der Waals surface area contributed by atoms with Crippen molar-refractivity contribution >= 4 is 16.8 Å². The van der Waals surface area contributed by atoms with Crippen LogP contribution in [0, 0.1) is 12.7 Å². The SMILES string of the molecule is C=C(C)CCC(=O)c1oc2ccc(F)cc2c1C. The number of carbonyl (C=O) groups excluding carboxylic acids is 1. The van der Waals surface area contributed by atoms with Crippen LogP contribution >= 0.6 is 0 Å². The number of aryl methyl sites for hydroxylation is 1. The average Bonchev–Trinajstić information content (AvgIpc) is 2.64. The largest absolute Gasteiger partial charge is 0.453 e. The highest BCUT2D eigenvalue weighted by Gasteiger charge is 2.17. The van der Waals surface area contributed by atoms with Gasteiger partial charge in [0.25, 0.3) is 0 Å². The molecule has 1 heterocycles. The minimum Gasteiger partial charge on any atom is -0.453 e. The molecule has 0 aliphatic heterocycles. The first-order chi connectivity index (χ1) is 8.49. The Morgan fingerprint density at radius 1 is 1.39 bits per heavy atom. The molecule has 0 aliphatic carbocycles. The average molecular weight is 246 g/mol. The lowest BCUT2D eigenvalue weighted by Crippen LogP contribution is -1.99. The molecule has 0 bridgehead atoms. The predicted octanol–water partition coefficient (Wildman–Crippen LogP) is 4.42. The molecule has 0 atom stereocenters. The first-order valence-electron chi connectivity index (χ1n) is 5.85. The number of hydrogen-bond donors (Lipinski definition) is 0. The van der Waals surface area contributed by atoms with Crippen molar-refractivity contribution in [3.05, 3.63) is 47.5 Å². The molecule has 0 radical (unpaired) electrons. The summed E-state index contributed by atoms with van der Waals surface area (Å²) in [7, 11) is 0. The number of allylic oxidation sites excluding steroid dienone is 1. The Balaban J connectivity index is 2.36. The second-order valence-electron chi connectivity index (χ2n) is 4.58. The van der Waals surface area contributed by atoms with Crippen molar-refractivity contribution in [2.45, 2.75) is 26.7 Å². The highest BCUT2D eigenvalue weighted by atomic mass is 19.1. The minimum atomic E-state index is -0.327. The third-order valence-corrected chi connectivity index (χ3v) is 2.93. The van der Waals surface area contributed by atoms with Crippen molar-refractivity contribution in [3.63, 3.8) is 0 Å². The third kappa shape index (κ3) is 2.35. The highest BCUT2D eigenvalue weighted by Crippen LogP contribution is 2.27. The summed E-state index contributed by atoms with van der Waals surface area (Å²) in [5.74, 6) is -0.0590. The molecule has 0 unspecified atom stereocenters. The number of halogens is 1. The van der Waals surface area contributed by atoms with Gasteiger partial charge in [-0.3, -0.25) is 4.79 Å². The van der Waals surface area contributed by atoms with Crippen LogP contribution in [0.2, 0.25) is 0 Å². The second kappa shape index (κ2) is 4.77. The third-order valence-electron chi connectivity index (χ3n) is 2.93. The van der Waals surface area contributed by atoms with Gasteiger partial charge in [0.05, 0.1) is 0 Å². The van der Waals surface area contributed by atoms with Crippen LogP contribution in [0.15, 0.2) is 34.8 Å². The summed E-state index contributed by atoms with van der Waals surface area (Å²) in [6.07, 6.45) is 1.02. The summed E-state index contributed by atoms with van der Waals surface area (Å²) in [5, 5.41) is 0.661. The molecule has 0 fully saturated rings. The fourth-order valence-electron chi connectivity index (χ4n) is 1.90. The monoisotopic (exact) mass is 246 g/mol. The molecule has 0 amide bonds. The Morgan fingerprint density at radius 3 is 2.78 bits per heavy atom. The molecule has 0 saturated heterocycles. The normalized spacial score (nSPS) is 10.8. The van der Waals surface area contributed by atoms with E-state index in [0.29, 0.717) is 35.1 Å². The van der Waals surface area contributed by atoms with Crippen molar-refractivity contribution in [2.24, 2.45) is 0 Å². The number of rotatable bonds is 4. The summed E-state index contributed by atoms with van der Waals surface area (Å²) in [6.45, 7) is 7.43. The fraction of sp³-hybridized carbons (Fsp3) is 0.267. The zero-order chi connectivity index (χ0) is 13.3. The Hall–Kier alpha value is -1.90. The number of benzene rings is 1. The smallest absolute Gasteiger partial charge is 0.198 e. The van der Waals surface area contributed by atoms with Crippen LogP contribution in [-0.4, -0.2) is 5.78 Å². The quantitative estimate of drug-likeness (QED) is 0.590. The van der Waals surface area contributed by atoms with Gasteiger partial charge < -0.3 is 4.42 Å². The van der Waals surface area contributed by atoms with E-state index in [4.69, 9.17) is 4.42 Å². The van der Waals surface area contributed by atoms with E-state index in [0.717, 1.165) is 5.57 Å². The van der Waals surface area contributed by atoms with Gasteiger partial charge in [0.1, 0.15) is 11.4 Å². The topological polar surface area (TPSA) is 30.2 Å². The summed E-state index contributed by atoms with van der Waals surface area (Å²) >= 11 is 0. The van der Waals surface area contributed by atoms with E-state index in [1.165, 1.54) is 12.1 Å². The van der Waals surface area contributed by atoms with Gasteiger partial charge in [0.15, 0.2) is 11.5 Å². The van der Waals surface area contributed by atoms with E-state index in [-0.39, 0.29) is 11.6 Å². The maximum absolute atomic E-state index is 13.1. The van der Waals surface area contributed by atoms with Gasteiger partial charge in [0.2, 0.25) is 0 Å². The highest BCUT2D eigenvalue weighted by molar-refractivity contribution is 6.00. The van der Waals surface area contributed by atoms with Crippen molar-refractivity contribution in [1.29, 1.82) is 0 Å². The van der Waals surface area contributed by atoms with E-state index in [1.807, 2.05) is 6.92 Å². The van der Waals surface area contributed by atoms with Crippen LogP contribution in [0.3, 0.4) is 0 Å².